The van der Waals surface area contributed by atoms with Gasteiger partial charge in [-0.1, -0.05) is 26.7 Å². The molecule has 0 spiro atoms. The first-order valence-corrected chi connectivity index (χ1v) is 5.14. The average Bonchev–Trinajstić information content (AvgIpc) is 2.10. The highest BCUT2D eigenvalue weighted by Gasteiger charge is 2.04. The molecule has 0 rings (SSSR count). The molecule has 1 N–H and O–H groups in total. The smallest absolute Gasteiger partial charge is 0.304 e. The number of hydrogen-bond donors (Lipinski definition) is 1. The van der Waals surface area contributed by atoms with E-state index in [1.165, 1.54) is 19.3 Å². The van der Waals surface area contributed by atoms with Gasteiger partial charge in [-0.05, 0) is 19.5 Å². The monoisotopic (exact) mass is 223 g/mol. The summed E-state index contributed by atoms with van der Waals surface area (Å²) in [5, 5.41) is 8.50. The lowest BCUT2D eigenvalue weighted by molar-refractivity contribution is -0.137. The van der Waals surface area contributed by atoms with Crippen LogP contribution >= 0.6 is 12.4 Å². The quantitative estimate of drug-likeness (QED) is 0.643. The zero-order valence-corrected chi connectivity index (χ0v) is 9.98. The lowest BCUT2D eigenvalue weighted by Gasteiger charge is -2.18. The summed E-state index contributed by atoms with van der Waals surface area (Å²) >= 11 is 0. The number of nitrogens with zero attached hydrogens (tertiary/aromatic N) is 1. The van der Waals surface area contributed by atoms with E-state index in [4.69, 9.17) is 5.11 Å². The van der Waals surface area contributed by atoms with Gasteiger partial charge >= 0.3 is 5.97 Å². The van der Waals surface area contributed by atoms with Crippen LogP contribution in [0.5, 0.6) is 0 Å². The minimum Gasteiger partial charge on any atom is -0.481 e. The summed E-state index contributed by atoms with van der Waals surface area (Å²) in [5.41, 5.74) is 0. The van der Waals surface area contributed by atoms with Crippen LogP contribution in [0.2, 0.25) is 0 Å². The summed E-state index contributed by atoms with van der Waals surface area (Å²) in [7, 11) is 0. The van der Waals surface area contributed by atoms with Crippen molar-refractivity contribution in [3.05, 3.63) is 0 Å². The number of hydrogen-bond acceptors (Lipinski definition) is 2. The number of halogens is 1. The second-order valence-corrected chi connectivity index (χ2v) is 3.29. The van der Waals surface area contributed by atoms with Gasteiger partial charge < -0.3 is 10.0 Å². The normalized spacial score (nSPS) is 9.93. The molecule has 0 radical (unpaired) electrons. The van der Waals surface area contributed by atoms with Crippen LogP contribution in [0.4, 0.5) is 0 Å². The van der Waals surface area contributed by atoms with Crippen molar-refractivity contribution in [3.8, 4) is 0 Å². The van der Waals surface area contributed by atoms with E-state index in [9.17, 15) is 4.79 Å². The summed E-state index contributed by atoms with van der Waals surface area (Å²) < 4.78 is 0. The number of aliphatic carboxylic acids is 1. The molecule has 0 unspecified atom stereocenters. The van der Waals surface area contributed by atoms with Crippen molar-refractivity contribution in [2.75, 3.05) is 19.6 Å². The molecule has 0 saturated carbocycles. The van der Waals surface area contributed by atoms with Gasteiger partial charge in [0.15, 0.2) is 0 Å². The molecule has 3 nitrogen and oxygen atoms in total. The van der Waals surface area contributed by atoms with E-state index in [0.717, 1.165) is 13.1 Å². The third kappa shape index (κ3) is 9.81. The van der Waals surface area contributed by atoms with Gasteiger partial charge in [-0.3, -0.25) is 4.79 Å². The minimum absolute atomic E-state index is 0. The predicted octanol–water partition coefficient (Wildman–Crippen LogP) is 2.40. The maximum absolute atomic E-state index is 10.3. The van der Waals surface area contributed by atoms with Gasteiger partial charge in [-0.15, -0.1) is 12.4 Å². The van der Waals surface area contributed by atoms with Crippen LogP contribution in [0.3, 0.4) is 0 Å². The number of carboxylic acids is 1. The number of rotatable bonds is 8. The standard InChI is InChI=1S/C10H21NO2.ClH/c1-3-5-6-8-11(4-2)9-7-10(12)13;/h3-9H2,1-2H3,(H,12,13);1H. The summed E-state index contributed by atoms with van der Waals surface area (Å²) in [6.45, 7) is 6.94. The third-order valence-electron chi connectivity index (χ3n) is 2.17. The number of unbranched alkanes of at least 4 members (excludes halogenated alkanes) is 2. The molecule has 0 aromatic rings. The first kappa shape index (κ1) is 16.2. The molecule has 14 heavy (non-hydrogen) atoms. The minimum atomic E-state index is -0.700. The Morgan fingerprint density at radius 2 is 1.86 bits per heavy atom. The maximum Gasteiger partial charge on any atom is 0.304 e. The Bertz CT molecular complexity index is 142. The zero-order valence-electron chi connectivity index (χ0n) is 9.16. The van der Waals surface area contributed by atoms with Crippen molar-refractivity contribution in [1.29, 1.82) is 0 Å². The Labute approximate surface area is 92.9 Å². The lowest BCUT2D eigenvalue weighted by atomic mass is 10.2. The molecule has 0 heterocycles. The number of carbonyl (C=O) groups is 1. The van der Waals surface area contributed by atoms with Gasteiger partial charge in [0.05, 0.1) is 6.42 Å². The van der Waals surface area contributed by atoms with Gasteiger partial charge in [0.1, 0.15) is 0 Å². The van der Waals surface area contributed by atoms with E-state index >= 15 is 0 Å². The van der Waals surface area contributed by atoms with Gasteiger partial charge in [-0.25, -0.2) is 0 Å². The van der Waals surface area contributed by atoms with Crippen molar-refractivity contribution in [2.45, 2.75) is 39.5 Å². The Morgan fingerprint density at radius 3 is 2.29 bits per heavy atom. The lowest BCUT2D eigenvalue weighted by Crippen LogP contribution is -2.27. The van der Waals surface area contributed by atoms with Crippen molar-refractivity contribution in [3.63, 3.8) is 0 Å². The van der Waals surface area contributed by atoms with Crippen LogP contribution in [0.1, 0.15) is 39.5 Å². The zero-order chi connectivity index (χ0) is 10.1. The SMILES string of the molecule is CCCCCN(CC)CCC(=O)O.Cl. The van der Waals surface area contributed by atoms with Crippen molar-refractivity contribution < 1.29 is 9.90 Å². The second-order valence-electron chi connectivity index (χ2n) is 3.29. The molecular weight excluding hydrogens is 202 g/mol. The third-order valence-corrected chi connectivity index (χ3v) is 2.17. The van der Waals surface area contributed by atoms with E-state index in [0.29, 0.717) is 6.54 Å². The van der Waals surface area contributed by atoms with Gasteiger partial charge in [-0.2, -0.15) is 0 Å². The number of carboxylic acid groups (broad SMARTS) is 1. The second kappa shape index (κ2) is 10.8. The van der Waals surface area contributed by atoms with Crippen LogP contribution in [0, 0.1) is 0 Å². The molecule has 86 valence electrons. The first-order valence-electron chi connectivity index (χ1n) is 5.14. The van der Waals surface area contributed by atoms with Crippen LogP contribution in [0.25, 0.3) is 0 Å². The highest BCUT2D eigenvalue weighted by atomic mass is 35.5. The topological polar surface area (TPSA) is 40.5 Å². The van der Waals surface area contributed by atoms with Crippen molar-refractivity contribution in [1.82, 2.24) is 4.90 Å². The molecule has 0 aliphatic carbocycles. The Kier molecular flexibility index (Phi) is 12.5. The molecule has 0 aliphatic rings. The van der Waals surface area contributed by atoms with Gasteiger partial charge in [0.2, 0.25) is 0 Å². The van der Waals surface area contributed by atoms with Crippen LogP contribution < -0.4 is 0 Å². The van der Waals surface area contributed by atoms with E-state index in [1.807, 2.05) is 0 Å². The maximum atomic E-state index is 10.3. The van der Waals surface area contributed by atoms with E-state index in [1.54, 1.807) is 0 Å². The molecule has 4 heteroatoms. The fraction of sp³-hybridized carbons (Fsp3) is 0.900. The Hall–Kier alpha value is -0.280. The average molecular weight is 224 g/mol. The van der Waals surface area contributed by atoms with E-state index in [-0.39, 0.29) is 18.8 Å². The Morgan fingerprint density at radius 1 is 1.21 bits per heavy atom. The van der Waals surface area contributed by atoms with E-state index in [2.05, 4.69) is 18.7 Å². The largest absolute Gasteiger partial charge is 0.481 e. The summed E-state index contributed by atoms with van der Waals surface area (Å²) in [5.74, 6) is -0.700. The molecule has 0 atom stereocenters. The fourth-order valence-electron chi connectivity index (χ4n) is 1.27. The van der Waals surface area contributed by atoms with Crippen molar-refractivity contribution in [2.24, 2.45) is 0 Å². The van der Waals surface area contributed by atoms with Crippen LogP contribution in [-0.4, -0.2) is 35.6 Å². The molecule has 0 aromatic heterocycles. The van der Waals surface area contributed by atoms with Crippen LogP contribution in [-0.2, 0) is 4.79 Å². The van der Waals surface area contributed by atoms with Crippen molar-refractivity contribution >= 4 is 18.4 Å². The molecule has 0 aliphatic heterocycles. The van der Waals surface area contributed by atoms with Crippen LogP contribution in [0.15, 0.2) is 0 Å². The highest BCUT2D eigenvalue weighted by Crippen LogP contribution is 1.99. The Balaban J connectivity index is 0. The molecule has 0 saturated heterocycles. The molecule has 0 aromatic carbocycles. The first-order chi connectivity index (χ1) is 6.20. The summed E-state index contributed by atoms with van der Waals surface area (Å²) in [6.07, 6.45) is 3.91. The fourth-order valence-corrected chi connectivity index (χ4v) is 1.27. The highest BCUT2D eigenvalue weighted by molar-refractivity contribution is 5.85. The summed E-state index contributed by atoms with van der Waals surface area (Å²) in [6, 6.07) is 0. The molecule has 0 fully saturated rings. The predicted molar refractivity (Wildman–Crippen MR) is 61.1 cm³/mol. The van der Waals surface area contributed by atoms with Gasteiger partial charge in [0, 0.05) is 6.54 Å². The molecule has 0 amide bonds. The molecule has 0 bridgehead atoms. The van der Waals surface area contributed by atoms with E-state index < -0.39 is 5.97 Å². The summed E-state index contributed by atoms with van der Waals surface area (Å²) in [4.78, 5) is 12.5. The molecular formula is C10H22ClNO2. The van der Waals surface area contributed by atoms with Gasteiger partial charge in [0.25, 0.3) is 0 Å².